The summed E-state index contributed by atoms with van der Waals surface area (Å²) in [4.78, 5) is 59.8. The molecule has 0 radical (unpaired) electrons. The number of nitrogens with one attached hydrogen (secondary N) is 1. The highest BCUT2D eigenvalue weighted by Gasteiger charge is 2.35. The van der Waals surface area contributed by atoms with Crippen molar-refractivity contribution in [1.29, 1.82) is 0 Å². The number of esters is 4. The van der Waals surface area contributed by atoms with Crippen molar-refractivity contribution in [3.05, 3.63) is 59.7 Å². The van der Waals surface area contributed by atoms with Crippen molar-refractivity contribution < 1.29 is 75.3 Å². The normalized spacial score (nSPS) is 14.7. The molecule has 58 heavy (non-hydrogen) atoms. The second-order valence-corrected chi connectivity index (χ2v) is 16.0. The van der Waals surface area contributed by atoms with Crippen LogP contribution in [0.1, 0.15) is 86.3 Å². The molecule has 2 aliphatic heterocycles. The first-order valence-corrected chi connectivity index (χ1v) is 18.8. The third kappa shape index (κ3) is 10.9. The molecule has 0 unspecified atom stereocenters. The Labute approximate surface area is 343 Å². The summed E-state index contributed by atoms with van der Waals surface area (Å²) < 4.78 is 39.6. The highest BCUT2D eigenvalue weighted by atomic mass is 35.5. The van der Waals surface area contributed by atoms with Gasteiger partial charge in [-0.3, -0.25) is 9.59 Å². The van der Waals surface area contributed by atoms with Crippen LogP contribution in [0.2, 0.25) is 0 Å². The van der Waals surface area contributed by atoms with E-state index < -0.39 is 47.7 Å². The molecule has 0 bridgehead atoms. The minimum absolute atomic E-state index is 0. The summed E-state index contributed by atoms with van der Waals surface area (Å²) in [5, 5.41) is 5.17. The molecule has 15 heteroatoms. The number of carbonyl (C=O) groups is 5. The number of alkyl carbamates (subject to hydrolysis) is 1. The molecule has 4 aromatic rings. The summed E-state index contributed by atoms with van der Waals surface area (Å²) in [6, 6.07) is 14.7. The summed E-state index contributed by atoms with van der Waals surface area (Å²) in [7, 11) is 0. The van der Waals surface area contributed by atoms with Gasteiger partial charge in [0.05, 0.1) is 0 Å². The molecule has 0 saturated heterocycles. The van der Waals surface area contributed by atoms with Gasteiger partial charge in [-0.2, -0.15) is 0 Å². The summed E-state index contributed by atoms with van der Waals surface area (Å²) in [5.41, 5.74) is 3.56. The minimum atomic E-state index is -0.736. The molecular weight excluding hydrogens is 772 g/mol. The quantitative estimate of drug-likeness (QED) is 0.205. The molecule has 2 aliphatic rings. The van der Waals surface area contributed by atoms with Gasteiger partial charge in [0, 0.05) is 46.5 Å². The largest absolute Gasteiger partial charge is 1.00 e. The van der Waals surface area contributed by atoms with Crippen LogP contribution >= 0.6 is 0 Å². The van der Waals surface area contributed by atoms with Crippen molar-refractivity contribution >= 4 is 51.5 Å². The highest BCUT2D eigenvalue weighted by Crippen LogP contribution is 2.51. The van der Waals surface area contributed by atoms with Gasteiger partial charge in [-0.25, -0.2) is 14.4 Å². The molecule has 0 aliphatic carbocycles. The van der Waals surface area contributed by atoms with Crippen LogP contribution < -0.4 is 51.9 Å². The van der Waals surface area contributed by atoms with E-state index in [1.54, 1.807) is 32.9 Å². The SMILES string of the molecule is CC(=O)Oc1c2c(c3ccccc3c1OC(=O)CNC(=O)OC(C)(C)C)OC(C)(C)CC2.CC(=O)Oc1c2c(c3ccccc3c1OC(=O)C[NH3+])OC(C)(C)CC2.[Cl-]. The number of hydrogen-bond acceptors (Lipinski definition) is 12. The number of rotatable bonds is 7. The lowest BCUT2D eigenvalue weighted by Crippen LogP contribution is -3.00. The summed E-state index contributed by atoms with van der Waals surface area (Å²) >= 11 is 0. The lowest BCUT2D eigenvalue weighted by Gasteiger charge is -2.34. The maximum Gasteiger partial charge on any atom is 0.408 e. The fourth-order valence-corrected chi connectivity index (χ4v) is 6.48. The van der Waals surface area contributed by atoms with Gasteiger partial charge in [0.2, 0.25) is 0 Å². The van der Waals surface area contributed by atoms with Gasteiger partial charge >= 0.3 is 30.0 Å². The van der Waals surface area contributed by atoms with Crippen LogP contribution in [0.25, 0.3) is 21.5 Å². The lowest BCUT2D eigenvalue weighted by atomic mass is 9.91. The monoisotopic (exact) mass is 822 g/mol. The first-order chi connectivity index (χ1) is 26.7. The van der Waals surface area contributed by atoms with E-state index in [4.69, 9.17) is 33.2 Å². The van der Waals surface area contributed by atoms with Crippen molar-refractivity contribution in [3.8, 4) is 34.5 Å². The molecule has 6 rings (SSSR count). The molecule has 4 N–H and O–H groups in total. The van der Waals surface area contributed by atoms with E-state index in [-0.39, 0.29) is 47.6 Å². The van der Waals surface area contributed by atoms with Crippen molar-refractivity contribution in [2.24, 2.45) is 0 Å². The molecule has 4 aromatic carbocycles. The molecule has 0 aromatic heterocycles. The molecule has 0 atom stereocenters. The predicted molar refractivity (Wildman–Crippen MR) is 210 cm³/mol. The van der Waals surface area contributed by atoms with Gasteiger partial charge in [-0.15, -0.1) is 0 Å². The fraction of sp³-hybridized carbons (Fsp3) is 0.419. The number of carbonyl (C=O) groups excluding carboxylic acids is 5. The Morgan fingerprint density at radius 2 is 1.05 bits per heavy atom. The Kier molecular flexibility index (Phi) is 13.9. The van der Waals surface area contributed by atoms with Gasteiger partial charge in [0.25, 0.3) is 0 Å². The van der Waals surface area contributed by atoms with Gasteiger partial charge in [0.15, 0.2) is 29.5 Å². The smallest absolute Gasteiger partial charge is 0.408 e. The Balaban J connectivity index is 0.000000259. The zero-order chi connectivity index (χ0) is 41.9. The van der Waals surface area contributed by atoms with Crippen molar-refractivity contribution in [2.75, 3.05) is 13.1 Å². The molecule has 1 amide bonds. The average molecular weight is 823 g/mol. The Bertz CT molecular complexity index is 2240. The Morgan fingerprint density at radius 3 is 1.43 bits per heavy atom. The van der Waals surface area contributed by atoms with E-state index in [1.165, 1.54) is 13.8 Å². The number of hydrogen-bond donors (Lipinski definition) is 2. The van der Waals surface area contributed by atoms with E-state index in [0.717, 1.165) is 22.8 Å². The molecule has 312 valence electrons. The standard InChI is InChI=1S/C24H29NO7.C19H21NO5.ClH/c1-14(26)29-21-17-11-12-24(5,6)31-19(17)15-9-7-8-10-16(15)20(21)30-18(27)13-25-22(28)32-23(2,3)4;1-11(21)23-18-14-8-9-19(2,3)25-16(14)12-6-4-5-7-13(12)17(18)24-15(22)10-20;/h7-10H,11-13H2,1-6H3,(H,25,28);4-7H,8-10,20H2,1-3H3;1H. The van der Waals surface area contributed by atoms with Gasteiger partial charge < -0.3 is 56.6 Å². The summed E-state index contributed by atoms with van der Waals surface area (Å²) in [6.45, 7) is 15.4. The third-order valence-corrected chi connectivity index (χ3v) is 8.96. The number of quaternary nitrogens is 1. The van der Waals surface area contributed by atoms with Crippen molar-refractivity contribution in [2.45, 2.75) is 105 Å². The zero-order valence-corrected chi connectivity index (χ0v) is 35.1. The predicted octanol–water partition coefficient (Wildman–Crippen LogP) is 3.32. The van der Waals surface area contributed by atoms with Gasteiger partial charge in [0.1, 0.15) is 34.8 Å². The molecule has 0 saturated carbocycles. The van der Waals surface area contributed by atoms with E-state index in [9.17, 15) is 24.0 Å². The van der Waals surface area contributed by atoms with Crippen molar-refractivity contribution in [1.82, 2.24) is 5.32 Å². The van der Waals surface area contributed by atoms with Crippen LogP contribution in [0.15, 0.2) is 48.5 Å². The summed E-state index contributed by atoms with van der Waals surface area (Å²) in [6.07, 6.45) is 1.96. The highest BCUT2D eigenvalue weighted by molar-refractivity contribution is 6.01. The molecule has 2 heterocycles. The van der Waals surface area contributed by atoms with Crippen LogP contribution in [0, 0.1) is 0 Å². The average Bonchev–Trinajstić information content (AvgIpc) is 3.12. The van der Waals surface area contributed by atoms with Crippen LogP contribution in [0.3, 0.4) is 0 Å². The van der Waals surface area contributed by atoms with E-state index in [0.29, 0.717) is 47.1 Å². The zero-order valence-electron chi connectivity index (χ0n) is 34.3. The van der Waals surface area contributed by atoms with E-state index >= 15 is 0 Å². The second kappa shape index (κ2) is 17.9. The number of ether oxygens (including phenoxy) is 7. The van der Waals surface area contributed by atoms with Gasteiger partial charge in [-0.05, 0) is 74.1 Å². The summed E-state index contributed by atoms with van der Waals surface area (Å²) in [5.74, 6) is -0.161. The molecule has 0 fully saturated rings. The first-order valence-electron chi connectivity index (χ1n) is 18.8. The second-order valence-electron chi connectivity index (χ2n) is 16.0. The first kappa shape index (κ1) is 45.1. The Hall–Kier alpha value is -5.60. The minimum Gasteiger partial charge on any atom is -1.00 e. The topological polar surface area (TPSA) is 190 Å². The number of fused-ring (bicyclic) bond motifs is 6. The fourth-order valence-electron chi connectivity index (χ4n) is 6.48. The third-order valence-electron chi connectivity index (χ3n) is 8.96. The number of benzene rings is 4. The van der Waals surface area contributed by atoms with E-state index in [2.05, 4.69) is 11.1 Å². The molecule has 0 spiro atoms. The van der Waals surface area contributed by atoms with Crippen LogP contribution in [0.5, 0.6) is 34.5 Å². The van der Waals surface area contributed by atoms with Crippen LogP contribution in [-0.4, -0.2) is 59.9 Å². The van der Waals surface area contributed by atoms with Crippen LogP contribution in [0.4, 0.5) is 4.79 Å². The maximum atomic E-state index is 12.6. The van der Waals surface area contributed by atoms with Gasteiger partial charge in [-0.1, -0.05) is 48.5 Å². The Morgan fingerprint density at radius 1 is 0.655 bits per heavy atom. The number of halogens is 1. The van der Waals surface area contributed by atoms with Crippen LogP contribution in [-0.2, 0) is 36.8 Å². The van der Waals surface area contributed by atoms with Crippen molar-refractivity contribution in [3.63, 3.8) is 0 Å². The lowest BCUT2D eigenvalue weighted by molar-refractivity contribution is -0.358. The molecular formula is C43H51ClN2O12. The van der Waals surface area contributed by atoms with E-state index in [1.807, 2.05) is 64.1 Å². The maximum absolute atomic E-state index is 12.6. The number of amides is 1. The molecule has 14 nitrogen and oxygen atoms in total.